The predicted octanol–water partition coefficient (Wildman–Crippen LogP) is 5.48. The minimum absolute atomic E-state index is 0.131. The molecule has 5 aromatic rings. The van der Waals surface area contributed by atoms with E-state index in [0.717, 1.165) is 33.5 Å². The summed E-state index contributed by atoms with van der Waals surface area (Å²) in [4.78, 5) is 42.5. The summed E-state index contributed by atoms with van der Waals surface area (Å²) in [6, 6.07) is 23.0. The molecule has 40 heavy (non-hydrogen) atoms. The number of carbonyl (C=O) groups is 3. The largest absolute Gasteiger partial charge is 0.456 e. The number of aryl methyl sites for hydroxylation is 1. The van der Waals surface area contributed by atoms with Crippen molar-refractivity contribution in [3.8, 4) is 5.69 Å². The van der Waals surface area contributed by atoms with Crippen molar-refractivity contribution >= 4 is 28.6 Å². The van der Waals surface area contributed by atoms with Crippen LogP contribution >= 0.6 is 0 Å². The van der Waals surface area contributed by atoms with Crippen molar-refractivity contribution in [2.75, 3.05) is 6.61 Å². The minimum Gasteiger partial charge on any atom is -0.456 e. The number of amides is 1. The summed E-state index contributed by atoms with van der Waals surface area (Å²) in [5.41, 5.74) is 4.89. The van der Waals surface area contributed by atoms with Gasteiger partial charge in [-0.15, -0.1) is 0 Å². The van der Waals surface area contributed by atoms with Crippen molar-refractivity contribution in [1.82, 2.24) is 14.9 Å². The van der Waals surface area contributed by atoms with Crippen LogP contribution in [-0.4, -0.2) is 39.9 Å². The number of rotatable bonds is 9. The van der Waals surface area contributed by atoms with E-state index in [4.69, 9.17) is 4.74 Å². The molecule has 0 spiro atoms. The normalized spacial score (nSPS) is 11.8. The van der Waals surface area contributed by atoms with E-state index in [-0.39, 0.29) is 17.8 Å². The van der Waals surface area contributed by atoms with Gasteiger partial charge in [0.25, 0.3) is 5.91 Å². The Morgan fingerprint density at radius 1 is 0.950 bits per heavy atom. The number of nitrogens with zero attached hydrogens (tertiary/aromatic N) is 1. The molecule has 0 aliphatic heterocycles. The zero-order chi connectivity index (χ0) is 28.2. The summed E-state index contributed by atoms with van der Waals surface area (Å²) in [6.07, 6.45) is 1.91. The number of halogens is 1. The van der Waals surface area contributed by atoms with E-state index in [0.29, 0.717) is 5.56 Å². The number of nitrogens with one attached hydrogen (secondary N) is 2. The zero-order valence-electron chi connectivity index (χ0n) is 22.1. The van der Waals surface area contributed by atoms with Gasteiger partial charge in [0.05, 0.1) is 0 Å². The average molecular weight is 538 g/mol. The lowest BCUT2D eigenvalue weighted by Gasteiger charge is -2.18. The van der Waals surface area contributed by atoms with E-state index in [1.165, 1.54) is 24.3 Å². The molecule has 2 heterocycles. The van der Waals surface area contributed by atoms with Crippen LogP contribution in [0.5, 0.6) is 0 Å². The summed E-state index contributed by atoms with van der Waals surface area (Å²) >= 11 is 0. The molecule has 2 N–H and O–H groups in total. The number of Topliss-reactive ketones (excluding diaryl/α,β-unsaturated/α-hetero) is 1. The number of ketones is 1. The fraction of sp³-hybridized carbons (Fsp3) is 0.156. The van der Waals surface area contributed by atoms with Gasteiger partial charge in [-0.3, -0.25) is 9.59 Å². The van der Waals surface area contributed by atoms with Crippen LogP contribution in [0, 0.1) is 19.7 Å². The number of benzene rings is 3. The maximum absolute atomic E-state index is 13.4. The fourth-order valence-electron chi connectivity index (χ4n) is 4.89. The maximum Gasteiger partial charge on any atom is 0.329 e. The first-order valence-electron chi connectivity index (χ1n) is 12.9. The van der Waals surface area contributed by atoms with Crippen LogP contribution in [0.15, 0.2) is 91.1 Å². The topological polar surface area (TPSA) is 93.2 Å². The molecule has 202 valence electrons. The summed E-state index contributed by atoms with van der Waals surface area (Å²) in [6.45, 7) is 3.28. The molecule has 0 fully saturated rings. The monoisotopic (exact) mass is 537 g/mol. The Bertz CT molecular complexity index is 1690. The van der Waals surface area contributed by atoms with Gasteiger partial charge < -0.3 is 19.6 Å². The third-order valence-corrected chi connectivity index (χ3v) is 6.89. The Labute approximate surface area is 230 Å². The number of fused-ring (bicyclic) bond motifs is 1. The quantitative estimate of drug-likeness (QED) is 0.192. The van der Waals surface area contributed by atoms with E-state index < -0.39 is 30.3 Å². The standard InChI is InChI=1S/C32H28FN3O4/c1-20-16-27(21(2)36(20)25-8-4-3-5-9-25)30(37)19-40-32(39)29(35-31(38)22-12-14-24(33)15-13-22)17-23-18-34-28-11-7-6-10-26(23)28/h3-16,18,29,34H,17,19H2,1-2H3,(H,35,38)/t29-/m1/s1. The third-order valence-electron chi connectivity index (χ3n) is 6.89. The van der Waals surface area contributed by atoms with Crippen LogP contribution in [0.2, 0.25) is 0 Å². The molecule has 0 unspecified atom stereocenters. The fourth-order valence-corrected chi connectivity index (χ4v) is 4.89. The molecule has 0 saturated heterocycles. The highest BCUT2D eigenvalue weighted by Gasteiger charge is 2.26. The predicted molar refractivity (Wildman–Crippen MR) is 150 cm³/mol. The van der Waals surface area contributed by atoms with Gasteiger partial charge in [-0.05, 0) is 67.9 Å². The van der Waals surface area contributed by atoms with Crippen molar-refractivity contribution < 1.29 is 23.5 Å². The van der Waals surface area contributed by atoms with E-state index in [9.17, 15) is 18.8 Å². The van der Waals surface area contributed by atoms with Crippen molar-refractivity contribution in [3.05, 3.63) is 125 Å². The van der Waals surface area contributed by atoms with Gasteiger partial charge in [-0.2, -0.15) is 0 Å². The Balaban J connectivity index is 1.34. The molecule has 7 nitrogen and oxygen atoms in total. The number of hydrogen-bond acceptors (Lipinski definition) is 4. The Morgan fingerprint density at radius 2 is 1.65 bits per heavy atom. The highest BCUT2D eigenvalue weighted by molar-refractivity contribution is 6.00. The summed E-state index contributed by atoms with van der Waals surface area (Å²) in [5.74, 6) is -2.12. The summed E-state index contributed by atoms with van der Waals surface area (Å²) < 4.78 is 20.8. The van der Waals surface area contributed by atoms with Crippen LogP contribution in [0.25, 0.3) is 16.6 Å². The molecular formula is C32H28FN3O4. The van der Waals surface area contributed by atoms with Gasteiger partial charge in [-0.25, -0.2) is 9.18 Å². The number of aromatic nitrogens is 2. The van der Waals surface area contributed by atoms with Crippen LogP contribution in [0.4, 0.5) is 4.39 Å². The lowest BCUT2D eigenvalue weighted by atomic mass is 10.0. The molecule has 0 saturated carbocycles. The number of aromatic amines is 1. The lowest BCUT2D eigenvalue weighted by molar-refractivity contribution is -0.144. The van der Waals surface area contributed by atoms with Crippen LogP contribution in [0.1, 0.15) is 37.7 Å². The van der Waals surface area contributed by atoms with Gasteiger partial charge in [0.15, 0.2) is 6.61 Å². The number of ether oxygens (including phenoxy) is 1. The minimum atomic E-state index is -1.08. The Kier molecular flexibility index (Phi) is 7.59. The maximum atomic E-state index is 13.4. The second-order valence-corrected chi connectivity index (χ2v) is 9.58. The average Bonchev–Trinajstić information content (AvgIpc) is 3.51. The third kappa shape index (κ3) is 5.56. The first-order valence-corrected chi connectivity index (χ1v) is 12.9. The molecule has 5 rings (SSSR count). The van der Waals surface area contributed by atoms with Gasteiger partial charge in [0.1, 0.15) is 11.9 Å². The molecular weight excluding hydrogens is 509 g/mol. The Hall–Kier alpha value is -4.98. The van der Waals surface area contributed by atoms with Crippen LogP contribution in [0.3, 0.4) is 0 Å². The molecule has 3 aromatic carbocycles. The van der Waals surface area contributed by atoms with Gasteiger partial charge >= 0.3 is 5.97 Å². The van der Waals surface area contributed by atoms with E-state index in [2.05, 4.69) is 10.3 Å². The van der Waals surface area contributed by atoms with Crippen molar-refractivity contribution in [3.63, 3.8) is 0 Å². The van der Waals surface area contributed by atoms with Crippen LogP contribution in [-0.2, 0) is 16.0 Å². The molecule has 2 aromatic heterocycles. The molecule has 1 atom stereocenters. The SMILES string of the molecule is Cc1cc(C(=O)COC(=O)[C@@H](Cc2c[nH]c3ccccc23)NC(=O)c2ccc(F)cc2)c(C)n1-c1ccccc1. The smallest absolute Gasteiger partial charge is 0.329 e. The molecule has 1 amide bonds. The summed E-state index contributed by atoms with van der Waals surface area (Å²) in [7, 11) is 0. The number of para-hydroxylation sites is 2. The number of carbonyl (C=O) groups excluding carboxylic acids is 3. The number of esters is 1. The first kappa shape index (κ1) is 26.6. The molecule has 0 aliphatic carbocycles. The highest BCUT2D eigenvalue weighted by atomic mass is 19.1. The van der Waals surface area contributed by atoms with Crippen LogP contribution < -0.4 is 5.32 Å². The van der Waals surface area contributed by atoms with Crippen molar-refractivity contribution in [1.29, 1.82) is 0 Å². The molecule has 0 aliphatic rings. The Morgan fingerprint density at radius 3 is 2.40 bits per heavy atom. The second-order valence-electron chi connectivity index (χ2n) is 9.58. The first-order chi connectivity index (χ1) is 19.3. The van der Waals surface area contributed by atoms with E-state index in [1.54, 1.807) is 12.3 Å². The summed E-state index contributed by atoms with van der Waals surface area (Å²) in [5, 5.41) is 3.60. The molecule has 0 bridgehead atoms. The van der Waals surface area contributed by atoms with Gasteiger partial charge in [-0.1, -0.05) is 36.4 Å². The molecule has 8 heteroatoms. The number of H-pyrrole nitrogens is 1. The van der Waals surface area contributed by atoms with Gasteiger partial charge in [0, 0.05) is 51.7 Å². The van der Waals surface area contributed by atoms with Crippen molar-refractivity contribution in [2.45, 2.75) is 26.3 Å². The number of hydrogen-bond donors (Lipinski definition) is 2. The van der Waals surface area contributed by atoms with E-state index in [1.807, 2.05) is 73.0 Å². The van der Waals surface area contributed by atoms with Gasteiger partial charge in [0.2, 0.25) is 5.78 Å². The van der Waals surface area contributed by atoms with Crippen molar-refractivity contribution in [2.24, 2.45) is 0 Å². The lowest BCUT2D eigenvalue weighted by Crippen LogP contribution is -2.43. The zero-order valence-corrected chi connectivity index (χ0v) is 22.1. The van der Waals surface area contributed by atoms with E-state index >= 15 is 0 Å². The second kappa shape index (κ2) is 11.4. The highest BCUT2D eigenvalue weighted by Crippen LogP contribution is 2.22. The molecule has 0 radical (unpaired) electrons.